The summed E-state index contributed by atoms with van der Waals surface area (Å²) in [5, 5.41) is 15.8. The van der Waals surface area contributed by atoms with Crippen molar-refractivity contribution < 1.29 is 14.8 Å². The van der Waals surface area contributed by atoms with E-state index >= 15 is 0 Å². The largest absolute Gasteiger partial charge is 0.399 e. The van der Waals surface area contributed by atoms with E-state index in [1.165, 1.54) is 7.11 Å². The fourth-order valence-electron chi connectivity index (χ4n) is 2.90. The van der Waals surface area contributed by atoms with E-state index < -0.39 is 0 Å². The molecule has 1 aliphatic heterocycles. The average Bonchev–Trinajstić information content (AvgIpc) is 2.12. The quantitative estimate of drug-likeness (QED) is 0.618. The molecule has 0 saturated carbocycles. The first kappa shape index (κ1) is 15.4. The molecule has 5 nitrogen and oxygen atoms in total. The number of hydrogen-bond donors (Lipinski definition) is 1. The monoisotopic (exact) mass is 258 g/mol. The van der Waals surface area contributed by atoms with E-state index in [1.807, 2.05) is 12.0 Å². The van der Waals surface area contributed by atoms with Gasteiger partial charge in [-0.05, 0) is 47.5 Å². The number of aliphatic hydroxyl groups excluding tert-OH is 1. The normalized spacial score (nSPS) is 25.2. The van der Waals surface area contributed by atoms with Crippen molar-refractivity contribution in [1.82, 2.24) is 5.06 Å². The van der Waals surface area contributed by atoms with Gasteiger partial charge in [-0.2, -0.15) is 5.06 Å². The van der Waals surface area contributed by atoms with Gasteiger partial charge in [-0.1, -0.05) is 5.16 Å². The first-order valence-corrected chi connectivity index (χ1v) is 6.37. The van der Waals surface area contributed by atoms with Crippen molar-refractivity contribution in [1.29, 1.82) is 0 Å². The van der Waals surface area contributed by atoms with Crippen molar-refractivity contribution >= 4 is 5.71 Å². The van der Waals surface area contributed by atoms with Gasteiger partial charge in [-0.15, -0.1) is 0 Å². The highest BCUT2D eigenvalue weighted by Gasteiger charge is 2.46. The number of aliphatic hydroxyl groups is 1. The summed E-state index contributed by atoms with van der Waals surface area (Å²) in [4.78, 5) is 10.6. The van der Waals surface area contributed by atoms with Gasteiger partial charge >= 0.3 is 0 Å². The molecular weight excluding hydrogens is 232 g/mol. The lowest BCUT2D eigenvalue weighted by molar-refractivity contribution is -0.284. The molecule has 0 aromatic rings. The molecule has 5 heteroatoms. The van der Waals surface area contributed by atoms with Gasteiger partial charge in [0.05, 0.1) is 11.8 Å². The van der Waals surface area contributed by atoms with Gasteiger partial charge in [0.2, 0.25) is 0 Å². The molecule has 0 radical (unpaired) electrons. The Balaban J connectivity index is 2.74. The van der Waals surface area contributed by atoms with Crippen molar-refractivity contribution in [3.05, 3.63) is 0 Å². The van der Waals surface area contributed by atoms with Gasteiger partial charge in [-0.3, -0.25) is 4.84 Å². The topological polar surface area (TPSA) is 54.3 Å². The number of piperidine rings is 1. The Morgan fingerprint density at radius 3 is 2.22 bits per heavy atom. The van der Waals surface area contributed by atoms with Crippen LogP contribution in [0.3, 0.4) is 0 Å². The highest BCUT2D eigenvalue weighted by Crippen LogP contribution is 2.38. The van der Waals surface area contributed by atoms with Gasteiger partial charge < -0.3 is 9.94 Å². The third-order valence-electron chi connectivity index (χ3n) is 3.22. The van der Waals surface area contributed by atoms with Crippen LogP contribution >= 0.6 is 0 Å². The van der Waals surface area contributed by atoms with Crippen molar-refractivity contribution in [3.63, 3.8) is 0 Å². The number of hydroxylamine groups is 2. The van der Waals surface area contributed by atoms with Crippen LogP contribution in [0.25, 0.3) is 0 Å². The van der Waals surface area contributed by atoms with Crippen LogP contribution in [0.1, 0.15) is 47.5 Å². The fraction of sp³-hybridized carbons (Fsp3) is 0.923. The van der Waals surface area contributed by atoms with Crippen LogP contribution in [0.15, 0.2) is 5.16 Å². The maximum Gasteiger partial charge on any atom is 0.110 e. The van der Waals surface area contributed by atoms with Crippen LogP contribution in [-0.2, 0) is 9.68 Å². The molecule has 1 heterocycles. The molecule has 1 rings (SSSR count). The maximum absolute atomic E-state index is 9.93. The standard InChI is InChI=1S/C13H26N2O3/c1-10(14-17-6)9-18-15-12(2,3)7-11(16)8-13(15,4)5/h11,16H,7-9H2,1-6H3. The molecular formula is C13H26N2O3. The second kappa shape index (κ2) is 5.55. The minimum absolute atomic E-state index is 0.200. The summed E-state index contributed by atoms with van der Waals surface area (Å²) in [6.45, 7) is 10.6. The zero-order chi connectivity index (χ0) is 14.0. The van der Waals surface area contributed by atoms with E-state index in [-0.39, 0.29) is 17.2 Å². The Kier molecular flexibility index (Phi) is 4.75. The summed E-state index contributed by atoms with van der Waals surface area (Å²) in [5.74, 6) is 0. The number of oxime groups is 1. The smallest absolute Gasteiger partial charge is 0.110 e. The highest BCUT2D eigenvalue weighted by atomic mass is 16.7. The molecule has 0 bridgehead atoms. The number of rotatable bonds is 4. The summed E-state index contributed by atoms with van der Waals surface area (Å²) in [5.41, 5.74) is 0.387. The summed E-state index contributed by atoms with van der Waals surface area (Å²) in [6.07, 6.45) is 1.14. The Hall–Kier alpha value is -0.650. The average molecular weight is 258 g/mol. The molecule has 1 saturated heterocycles. The van der Waals surface area contributed by atoms with Crippen LogP contribution in [0.5, 0.6) is 0 Å². The van der Waals surface area contributed by atoms with E-state index in [4.69, 9.17) is 9.68 Å². The van der Waals surface area contributed by atoms with Crippen LogP contribution in [0.4, 0.5) is 0 Å². The van der Waals surface area contributed by atoms with Gasteiger partial charge in [-0.25, -0.2) is 0 Å². The van der Waals surface area contributed by atoms with Gasteiger partial charge in [0.1, 0.15) is 13.7 Å². The van der Waals surface area contributed by atoms with Crippen molar-refractivity contribution in [2.75, 3.05) is 13.7 Å². The molecule has 0 spiro atoms. The van der Waals surface area contributed by atoms with Crippen molar-refractivity contribution in [2.45, 2.75) is 64.6 Å². The molecule has 1 fully saturated rings. The molecule has 1 aliphatic rings. The van der Waals surface area contributed by atoms with E-state index in [0.717, 1.165) is 5.71 Å². The third kappa shape index (κ3) is 3.67. The Morgan fingerprint density at radius 2 is 1.78 bits per heavy atom. The zero-order valence-electron chi connectivity index (χ0n) is 12.4. The summed E-state index contributed by atoms with van der Waals surface area (Å²) in [6, 6.07) is 0. The summed E-state index contributed by atoms with van der Waals surface area (Å²) < 4.78 is 0. The van der Waals surface area contributed by atoms with Crippen molar-refractivity contribution in [2.24, 2.45) is 5.16 Å². The van der Waals surface area contributed by atoms with E-state index in [9.17, 15) is 5.11 Å². The lowest BCUT2D eigenvalue weighted by Gasteiger charge is -2.52. The van der Waals surface area contributed by atoms with Gasteiger partial charge in [0.15, 0.2) is 0 Å². The molecule has 1 N–H and O–H groups in total. The second-order valence-corrected chi connectivity index (χ2v) is 6.26. The minimum atomic E-state index is -0.274. The molecule has 0 aromatic heterocycles. The Morgan fingerprint density at radius 1 is 1.28 bits per heavy atom. The molecule has 0 aliphatic carbocycles. The molecule has 0 amide bonds. The summed E-state index contributed by atoms with van der Waals surface area (Å²) >= 11 is 0. The minimum Gasteiger partial charge on any atom is -0.399 e. The number of nitrogens with zero attached hydrogens (tertiary/aromatic N) is 2. The first-order chi connectivity index (χ1) is 8.19. The highest BCUT2D eigenvalue weighted by molar-refractivity contribution is 5.82. The zero-order valence-corrected chi connectivity index (χ0v) is 12.4. The van der Waals surface area contributed by atoms with Crippen LogP contribution in [0.2, 0.25) is 0 Å². The fourth-order valence-corrected chi connectivity index (χ4v) is 2.90. The Bertz CT molecular complexity index is 295. The van der Waals surface area contributed by atoms with Gasteiger partial charge in [0.25, 0.3) is 0 Å². The number of hydrogen-bond acceptors (Lipinski definition) is 5. The van der Waals surface area contributed by atoms with Gasteiger partial charge in [0, 0.05) is 11.1 Å². The second-order valence-electron chi connectivity index (χ2n) is 6.26. The molecule has 106 valence electrons. The first-order valence-electron chi connectivity index (χ1n) is 6.37. The molecule has 0 aromatic carbocycles. The Labute approximate surface area is 110 Å². The lowest BCUT2D eigenvalue weighted by Crippen LogP contribution is -2.61. The maximum atomic E-state index is 9.93. The predicted molar refractivity (Wildman–Crippen MR) is 71.3 cm³/mol. The van der Waals surface area contributed by atoms with Crippen LogP contribution in [-0.4, -0.2) is 46.8 Å². The summed E-state index contributed by atoms with van der Waals surface area (Å²) in [7, 11) is 1.52. The van der Waals surface area contributed by atoms with Crippen LogP contribution in [0, 0.1) is 0 Å². The van der Waals surface area contributed by atoms with Crippen molar-refractivity contribution in [3.8, 4) is 0 Å². The van der Waals surface area contributed by atoms with E-state index in [2.05, 4.69) is 32.9 Å². The third-order valence-corrected chi connectivity index (χ3v) is 3.22. The van der Waals surface area contributed by atoms with E-state index in [0.29, 0.717) is 19.4 Å². The van der Waals surface area contributed by atoms with Crippen LogP contribution < -0.4 is 0 Å². The van der Waals surface area contributed by atoms with E-state index in [1.54, 1.807) is 0 Å². The molecule has 0 unspecified atom stereocenters. The SMILES string of the molecule is CON=C(C)CON1C(C)(C)CC(O)CC1(C)C. The lowest BCUT2D eigenvalue weighted by atomic mass is 9.80. The molecule has 18 heavy (non-hydrogen) atoms. The predicted octanol–water partition coefficient (Wildman–Crippen LogP) is 1.95. The molecule has 0 atom stereocenters.